The number of nitrogens with zero attached hydrogens (tertiary/aromatic N) is 3. The molecule has 0 unspecified atom stereocenters. The van der Waals surface area contributed by atoms with Crippen LogP contribution in [0.2, 0.25) is 0 Å². The van der Waals surface area contributed by atoms with E-state index in [-0.39, 0.29) is 30.5 Å². The molecule has 0 heterocycles. The topological polar surface area (TPSA) is 155 Å². The molecule has 12 nitrogen and oxygen atoms in total. The van der Waals surface area contributed by atoms with E-state index < -0.39 is 27.1 Å². The van der Waals surface area contributed by atoms with E-state index in [2.05, 4.69) is 10.5 Å². The van der Waals surface area contributed by atoms with Crippen molar-refractivity contribution in [2.75, 3.05) is 13.2 Å². The molecule has 1 amide bonds. The zero-order valence-electron chi connectivity index (χ0n) is 20.3. The van der Waals surface area contributed by atoms with Gasteiger partial charge < -0.3 is 14.2 Å². The van der Waals surface area contributed by atoms with Crippen LogP contribution in [0.5, 0.6) is 23.0 Å². The van der Waals surface area contributed by atoms with Gasteiger partial charge >= 0.3 is 5.69 Å². The maximum Gasteiger partial charge on any atom is 0.318 e. The summed E-state index contributed by atoms with van der Waals surface area (Å²) in [6.45, 7) is 5.58. The number of nitro benzene ring substituents is 2. The first kappa shape index (κ1) is 26.6. The molecule has 0 fully saturated rings. The minimum Gasteiger partial charge on any atom is -0.490 e. The summed E-state index contributed by atoms with van der Waals surface area (Å²) < 4.78 is 16.8. The van der Waals surface area contributed by atoms with Crippen LogP contribution in [-0.2, 0) is 4.79 Å². The molecule has 0 aliphatic rings. The molecule has 0 saturated heterocycles. The average molecular weight is 508 g/mol. The number of hydrogen-bond acceptors (Lipinski definition) is 9. The van der Waals surface area contributed by atoms with Crippen LogP contribution in [0.25, 0.3) is 0 Å². The smallest absolute Gasteiger partial charge is 0.318 e. The van der Waals surface area contributed by atoms with Gasteiger partial charge in [-0.2, -0.15) is 5.10 Å². The number of aryl methyl sites for hydroxylation is 2. The number of ether oxygens (including phenoxy) is 3. The Morgan fingerprint density at radius 2 is 1.65 bits per heavy atom. The Balaban J connectivity index is 1.70. The van der Waals surface area contributed by atoms with Gasteiger partial charge in [0.2, 0.25) is 5.75 Å². The normalized spacial score (nSPS) is 10.7. The van der Waals surface area contributed by atoms with Gasteiger partial charge in [-0.15, -0.1) is 0 Å². The van der Waals surface area contributed by atoms with Gasteiger partial charge in [0.25, 0.3) is 11.6 Å². The minimum atomic E-state index is -0.767. The molecule has 0 radical (unpaired) electrons. The van der Waals surface area contributed by atoms with Crippen molar-refractivity contribution in [2.45, 2.75) is 20.8 Å². The summed E-state index contributed by atoms with van der Waals surface area (Å²) in [7, 11) is 0. The first-order chi connectivity index (χ1) is 17.7. The summed E-state index contributed by atoms with van der Waals surface area (Å²) in [4.78, 5) is 33.0. The van der Waals surface area contributed by atoms with Crippen molar-refractivity contribution in [3.05, 3.63) is 91.5 Å². The van der Waals surface area contributed by atoms with E-state index in [1.54, 1.807) is 19.1 Å². The zero-order valence-corrected chi connectivity index (χ0v) is 20.3. The first-order valence-electron chi connectivity index (χ1n) is 11.1. The fourth-order valence-electron chi connectivity index (χ4n) is 3.30. The molecule has 0 bridgehead atoms. The van der Waals surface area contributed by atoms with Gasteiger partial charge in [-0.25, -0.2) is 5.43 Å². The second-order valence-corrected chi connectivity index (χ2v) is 7.71. The maximum atomic E-state index is 12.1. The van der Waals surface area contributed by atoms with Crippen molar-refractivity contribution < 1.29 is 28.9 Å². The van der Waals surface area contributed by atoms with Crippen LogP contribution in [0.4, 0.5) is 11.4 Å². The van der Waals surface area contributed by atoms with Crippen molar-refractivity contribution in [3.63, 3.8) is 0 Å². The van der Waals surface area contributed by atoms with Crippen molar-refractivity contribution >= 4 is 23.5 Å². The van der Waals surface area contributed by atoms with Gasteiger partial charge in [0.05, 0.1) is 28.7 Å². The standard InChI is InChI=1S/C25H24N4O8/c1-4-35-23-12-18(14-26-27-24(30)15-36-25-16(2)6-5-7-17(25)3)8-10-22(23)37-21-11-9-19(28(31)32)13-20(21)29(33)34/h5-14H,4,15H2,1-3H3,(H,27,30)/b26-14-. The highest BCUT2D eigenvalue weighted by atomic mass is 16.6. The van der Waals surface area contributed by atoms with Crippen LogP contribution in [-0.4, -0.2) is 35.2 Å². The summed E-state index contributed by atoms with van der Waals surface area (Å²) in [5.74, 6) is 0.418. The van der Waals surface area contributed by atoms with Gasteiger partial charge in [-0.05, 0) is 61.7 Å². The lowest BCUT2D eigenvalue weighted by Gasteiger charge is -2.12. The summed E-state index contributed by atoms with van der Waals surface area (Å²) in [5.41, 5.74) is 3.77. The molecule has 12 heteroatoms. The quantitative estimate of drug-likeness (QED) is 0.219. The third-order valence-electron chi connectivity index (χ3n) is 5.00. The number of nitrogens with one attached hydrogen (secondary N) is 1. The van der Waals surface area contributed by atoms with Crippen LogP contribution in [0, 0.1) is 34.1 Å². The number of carbonyl (C=O) groups is 1. The predicted octanol–water partition coefficient (Wildman–Crippen LogP) is 4.84. The van der Waals surface area contributed by atoms with E-state index in [9.17, 15) is 25.0 Å². The summed E-state index contributed by atoms with van der Waals surface area (Å²) in [5, 5.41) is 26.3. The Labute approximate surface area is 211 Å². The molecule has 192 valence electrons. The number of non-ortho nitro benzene ring substituents is 1. The minimum absolute atomic E-state index is 0.155. The second kappa shape index (κ2) is 12.1. The summed E-state index contributed by atoms with van der Waals surface area (Å²) >= 11 is 0. The molecule has 0 aliphatic carbocycles. The highest BCUT2D eigenvalue weighted by Gasteiger charge is 2.22. The van der Waals surface area contributed by atoms with Crippen molar-refractivity contribution in [2.24, 2.45) is 5.10 Å². The number of rotatable bonds is 11. The summed E-state index contributed by atoms with van der Waals surface area (Å²) in [6.07, 6.45) is 1.39. The number of nitro groups is 2. The SMILES string of the molecule is CCOc1cc(/C=N\NC(=O)COc2c(C)cccc2C)ccc1Oc1ccc([N+](=O)[O-])cc1[N+](=O)[O-]. The third kappa shape index (κ3) is 7.01. The molecule has 3 aromatic carbocycles. The molecule has 3 aromatic rings. The molecule has 37 heavy (non-hydrogen) atoms. The monoisotopic (exact) mass is 508 g/mol. The van der Waals surface area contributed by atoms with E-state index in [1.165, 1.54) is 12.3 Å². The lowest BCUT2D eigenvalue weighted by atomic mass is 10.1. The van der Waals surface area contributed by atoms with Gasteiger partial charge in [-0.1, -0.05) is 18.2 Å². The van der Waals surface area contributed by atoms with Gasteiger partial charge in [0, 0.05) is 6.07 Å². The molecule has 0 atom stereocenters. The molecule has 1 N–H and O–H groups in total. The fourth-order valence-corrected chi connectivity index (χ4v) is 3.30. The molecular weight excluding hydrogens is 484 g/mol. The molecule has 0 saturated carbocycles. The first-order valence-corrected chi connectivity index (χ1v) is 11.1. The van der Waals surface area contributed by atoms with E-state index in [0.29, 0.717) is 11.3 Å². The fraction of sp³-hybridized carbons (Fsp3) is 0.200. The number of amides is 1. The van der Waals surface area contributed by atoms with E-state index in [4.69, 9.17) is 14.2 Å². The Kier molecular flexibility index (Phi) is 8.71. The Morgan fingerprint density at radius 1 is 0.946 bits per heavy atom. The molecule has 3 rings (SSSR count). The molecule has 0 aromatic heterocycles. The third-order valence-corrected chi connectivity index (χ3v) is 5.00. The van der Waals surface area contributed by atoms with Crippen LogP contribution in [0.1, 0.15) is 23.6 Å². The van der Waals surface area contributed by atoms with E-state index >= 15 is 0 Å². The lowest BCUT2D eigenvalue weighted by Crippen LogP contribution is -2.25. The summed E-state index contributed by atoms with van der Waals surface area (Å²) in [6, 6.07) is 13.4. The average Bonchev–Trinajstić information content (AvgIpc) is 2.85. The van der Waals surface area contributed by atoms with Crippen LogP contribution < -0.4 is 19.6 Å². The number of benzene rings is 3. The lowest BCUT2D eigenvalue weighted by molar-refractivity contribution is -0.394. The maximum absolute atomic E-state index is 12.1. The van der Waals surface area contributed by atoms with Crippen LogP contribution >= 0.6 is 0 Å². The molecule has 0 aliphatic heterocycles. The zero-order chi connectivity index (χ0) is 26.9. The number of hydrazone groups is 1. The van der Waals surface area contributed by atoms with Crippen molar-refractivity contribution in [1.82, 2.24) is 5.43 Å². The van der Waals surface area contributed by atoms with Crippen LogP contribution in [0.15, 0.2) is 59.7 Å². The van der Waals surface area contributed by atoms with Gasteiger partial charge in [0.15, 0.2) is 18.1 Å². The highest BCUT2D eigenvalue weighted by molar-refractivity contribution is 5.83. The van der Waals surface area contributed by atoms with E-state index in [1.807, 2.05) is 32.0 Å². The van der Waals surface area contributed by atoms with Gasteiger partial charge in [-0.3, -0.25) is 25.0 Å². The number of para-hydroxylation sites is 1. The number of carbonyl (C=O) groups excluding carboxylic acids is 1. The predicted molar refractivity (Wildman–Crippen MR) is 135 cm³/mol. The molecule has 0 spiro atoms. The Bertz CT molecular complexity index is 1340. The Hall–Kier alpha value is -5.00. The Morgan fingerprint density at radius 3 is 2.30 bits per heavy atom. The molecular formula is C25H24N4O8. The van der Waals surface area contributed by atoms with Crippen LogP contribution in [0.3, 0.4) is 0 Å². The van der Waals surface area contributed by atoms with Gasteiger partial charge in [0.1, 0.15) is 5.75 Å². The second-order valence-electron chi connectivity index (χ2n) is 7.71. The van der Waals surface area contributed by atoms with Crippen molar-refractivity contribution in [1.29, 1.82) is 0 Å². The number of hydrogen-bond donors (Lipinski definition) is 1. The van der Waals surface area contributed by atoms with E-state index in [0.717, 1.165) is 29.3 Å². The highest BCUT2D eigenvalue weighted by Crippen LogP contribution is 2.38. The largest absolute Gasteiger partial charge is 0.490 e. The van der Waals surface area contributed by atoms with Crippen molar-refractivity contribution in [3.8, 4) is 23.0 Å².